The predicted molar refractivity (Wildman–Crippen MR) is 59.7 cm³/mol. The summed E-state index contributed by atoms with van der Waals surface area (Å²) in [5, 5.41) is 9.51. The van der Waals surface area contributed by atoms with Crippen molar-refractivity contribution in [2.75, 3.05) is 25.1 Å². The lowest BCUT2D eigenvalue weighted by molar-refractivity contribution is 0.304. The zero-order chi connectivity index (χ0) is 10.6. The van der Waals surface area contributed by atoms with Gasteiger partial charge in [-0.05, 0) is 17.7 Å². The molecule has 0 radical (unpaired) electrons. The second-order valence-electron chi connectivity index (χ2n) is 3.12. The highest BCUT2D eigenvalue weighted by Crippen LogP contribution is 2.23. The minimum atomic E-state index is 0.118. The van der Waals surface area contributed by atoms with E-state index in [1.807, 2.05) is 30.1 Å². The van der Waals surface area contributed by atoms with Crippen LogP contribution in [0.4, 0.5) is 5.69 Å². The molecular formula is C10H15ClN2O. The van der Waals surface area contributed by atoms with Crippen LogP contribution in [0.3, 0.4) is 0 Å². The third kappa shape index (κ3) is 2.61. The molecule has 1 rings (SSSR count). The summed E-state index contributed by atoms with van der Waals surface area (Å²) in [7, 11) is 1.90. The van der Waals surface area contributed by atoms with Gasteiger partial charge in [0, 0.05) is 30.8 Å². The molecule has 0 aromatic heterocycles. The van der Waals surface area contributed by atoms with Gasteiger partial charge in [0.25, 0.3) is 0 Å². The quantitative estimate of drug-likeness (QED) is 0.793. The van der Waals surface area contributed by atoms with E-state index in [4.69, 9.17) is 22.4 Å². The van der Waals surface area contributed by atoms with Gasteiger partial charge in [-0.15, -0.1) is 0 Å². The zero-order valence-electron chi connectivity index (χ0n) is 8.20. The first-order chi connectivity index (χ1) is 6.69. The van der Waals surface area contributed by atoms with Gasteiger partial charge in [-0.3, -0.25) is 0 Å². The van der Waals surface area contributed by atoms with E-state index in [1.54, 1.807) is 0 Å². The average molecular weight is 215 g/mol. The molecule has 0 heterocycles. The maximum Gasteiger partial charge on any atom is 0.0606 e. The second kappa shape index (κ2) is 5.20. The van der Waals surface area contributed by atoms with Crippen molar-refractivity contribution in [3.63, 3.8) is 0 Å². The number of hydrogen-bond donors (Lipinski definition) is 2. The van der Waals surface area contributed by atoms with E-state index < -0.39 is 0 Å². The molecule has 0 fully saturated rings. The summed E-state index contributed by atoms with van der Waals surface area (Å²) < 4.78 is 0. The summed E-state index contributed by atoms with van der Waals surface area (Å²) in [5.74, 6) is 0. The lowest BCUT2D eigenvalue weighted by Crippen LogP contribution is -2.23. The molecule has 78 valence electrons. The Balaban J connectivity index is 2.97. The normalized spacial score (nSPS) is 10.3. The Morgan fingerprint density at radius 2 is 2.21 bits per heavy atom. The Morgan fingerprint density at radius 3 is 2.79 bits per heavy atom. The summed E-state index contributed by atoms with van der Waals surface area (Å²) in [4.78, 5) is 1.94. The van der Waals surface area contributed by atoms with Crippen molar-refractivity contribution in [1.29, 1.82) is 0 Å². The van der Waals surface area contributed by atoms with Crippen LogP contribution in [-0.4, -0.2) is 25.3 Å². The smallest absolute Gasteiger partial charge is 0.0606 e. The fraction of sp³-hybridized carbons (Fsp3) is 0.400. The Labute approximate surface area is 89.1 Å². The Kier molecular flexibility index (Phi) is 4.20. The van der Waals surface area contributed by atoms with E-state index in [0.717, 1.165) is 11.3 Å². The van der Waals surface area contributed by atoms with Crippen LogP contribution in [0.15, 0.2) is 18.2 Å². The number of aliphatic hydroxyl groups is 1. The third-order valence-electron chi connectivity index (χ3n) is 2.11. The number of nitrogens with two attached hydrogens (primary N) is 1. The molecule has 3 N–H and O–H groups in total. The van der Waals surface area contributed by atoms with Crippen LogP contribution in [0.25, 0.3) is 0 Å². The van der Waals surface area contributed by atoms with Crippen LogP contribution < -0.4 is 10.6 Å². The summed E-state index contributed by atoms with van der Waals surface area (Å²) >= 11 is 5.89. The summed E-state index contributed by atoms with van der Waals surface area (Å²) in [6, 6.07) is 5.59. The lowest BCUT2D eigenvalue weighted by atomic mass is 10.1. The molecule has 0 amide bonds. The van der Waals surface area contributed by atoms with Gasteiger partial charge in [0.05, 0.1) is 6.61 Å². The van der Waals surface area contributed by atoms with Crippen molar-refractivity contribution in [3.05, 3.63) is 28.8 Å². The second-order valence-corrected chi connectivity index (χ2v) is 3.56. The van der Waals surface area contributed by atoms with Crippen molar-refractivity contribution in [1.82, 2.24) is 0 Å². The molecule has 0 saturated carbocycles. The molecule has 0 aliphatic rings. The Morgan fingerprint density at radius 1 is 1.50 bits per heavy atom. The topological polar surface area (TPSA) is 49.5 Å². The van der Waals surface area contributed by atoms with E-state index in [9.17, 15) is 0 Å². The molecular weight excluding hydrogens is 200 g/mol. The van der Waals surface area contributed by atoms with Crippen LogP contribution in [0, 0.1) is 0 Å². The molecule has 0 atom stereocenters. The van der Waals surface area contributed by atoms with Crippen molar-refractivity contribution in [2.45, 2.75) is 6.54 Å². The summed E-state index contributed by atoms with van der Waals surface area (Å²) in [6.45, 7) is 1.17. The van der Waals surface area contributed by atoms with Gasteiger partial charge < -0.3 is 15.7 Å². The molecule has 0 bridgehead atoms. The van der Waals surface area contributed by atoms with Crippen LogP contribution in [-0.2, 0) is 6.54 Å². The maximum atomic E-state index is 8.82. The van der Waals surface area contributed by atoms with E-state index in [2.05, 4.69) is 0 Å². The van der Waals surface area contributed by atoms with Crippen molar-refractivity contribution in [3.8, 4) is 0 Å². The fourth-order valence-corrected chi connectivity index (χ4v) is 1.50. The van der Waals surface area contributed by atoms with Gasteiger partial charge in [-0.2, -0.15) is 0 Å². The minimum Gasteiger partial charge on any atom is -0.395 e. The molecule has 0 aliphatic carbocycles. The molecule has 1 aromatic rings. The van der Waals surface area contributed by atoms with Gasteiger partial charge in [-0.1, -0.05) is 17.7 Å². The third-order valence-corrected chi connectivity index (χ3v) is 2.35. The number of likely N-dealkylation sites (N-methyl/N-ethyl adjacent to an activating group) is 1. The highest BCUT2D eigenvalue weighted by Gasteiger charge is 2.06. The summed E-state index contributed by atoms with van der Waals surface area (Å²) in [6.07, 6.45) is 0. The highest BCUT2D eigenvalue weighted by molar-refractivity contribution is 6.30. The number of anilines is 1. The van der Waals surface area contributed by atoms with E-state index in [1.165, 1.54) is 0 Å². The standard InChI is InChI=1S/C10H15ClN2O/c1-13(4-5-14)10-6-9(11)3-2-8(10)7-12/h2-3,6,14H,4-5,7,12H2,1H3. The largest absolute Gasteiger partial charge is 0.395 e. The predicted octanol–water partition coefficient (Wildman–Crippen LogP) is 1.23. The van der Waals surface area contributed by atoms with Gasteiger partial charge >= 0.3 is 0 Å². The summed E-state index contributed by atoms with van der Waals surface area (Å²) in [5.41, 5.74) is 7.62. The number of aliphatic hydroxyl groups excluding tert-OH is 1. The molecule has 4 heteroatoms. The van der Waals surface area contributed by atoms with Crippen LogP contribution in [0.1, 0.15) is 5.56 Å². The maximum absolute atomic E-state index is 8.82. The Bertz CT molecular complexity index is 304. The number of nitrogens with zero attached hydrogens (tertiary/aromatic N) is 1. The molecule has 0 aliphatic heterocycles. The van der Waals surface area contributed by atoms with Crippen LogP contribution in [0.2, 0.25) is 5.02 Å². The van der Waals surface area contributed by atoms with Gasteiger partial charge in [0.1, 0.15) is 0 Å². The van der Waals surface area contributed by atoms with Gasteiger partial charge in [0.2, 0.25) is 0 Å². The van der Waals surface area contributed by atoms with Crippen molar-refractivity contribution < 1.29 is 5.11 Å². The first kappa shape index (κ1) is 11.3. The first-order valence-corrected chi connectivity index (χ1v) is 4.87. The SMILES string of the molecule is CN(CCO)c1cc(Cl)ccc1CN. The van der Waals surface area contributed by atoms with E-state index in [0.29, 0.717) is 18.1 Å². The Hall–Kier alpha value is -0.770. The van der Waals surface area contributed by atoms with Crippen LogP contribution >= 0.6 is 11.6 Å². The highest BCUT2D eigenvalue weighted by atomic mass is 35.5. The minimum absolute atomic E-state index is 0.118. The number of hydrogen-bond acceptors (Lipinski definition) is 3. The molecule has 3 nitrogen and oxygen atoms in total. The van der Waals surface area contributed by atoms with Gasteiger partial charge in [-0.25, -0.2) is 0 Å². The molecule has 0 spiro atoms. The van der Waals surface area contributed by atoms with Gasteiger partial charge in [0.15, 0.2) is 0 Å². The first-order valence-electron chi connectivity index (χ1n) is 4.49. The lowest BCUT2D eigenvalue weighted by Gasteiger charge is -2.21. The molecule has 1 aromatic carbocycles. The number of halogens is 1. The average Bonchev–Trinajstić information content (AvgIpc) is 2.18. The number of rotatable bonds is 4. The van der Waals surface area contributed by atoms with E-state index >= 15 is 0 Å². The molecule has 14 heavy (non-hydrogen) atoms. The monoisotopic (exact) mass is 214 g/mol. The van der Waals surface area contributed by atoms with Crippen molar-refractivity contribution in [2.24, 2.45) is 5.73 Å². The van der Waals surface area contributed by atoms with E-state index in [-0.39, 0.29) is 6.61 Å². The zero-order valence-corrected chi connectivity index (χ0v) is 8.96. The molecule has 0 saturated heterocycles. The number of benzene rings is 1. The molecule has 0 unspecified atom stereocenters. The van der Waals surface area contributed by atoms with Crippen molar-refractivity contribution >= 4 is 17.3 Å². The fourth-order valence-electron chi connectivity index (χ4n) is 1.34. The van der Waals surface area contributed by atoms with Crippen LogP contribution in [0.5, 0.6) is 0 Å².